The average molecular weight is 594 g/mol. The zero-order valence-electron chi connectivity index (χ0n) is 26.3. The average Bonchev–Trinajstić information content (AvgIpc) is 2.94. The van der Waals surface area contributed by atoms with Crippen molar-refractivity contribution in [2.45, 2.75) is 174 Å². The molecule has 7 nitrogen and oxygen atoms in total. The van der Waals surface area contributed by atoms with Crippen molar-refractivity contribution in [1.29, 1.82) is 0 Å². The Morgan fingerprint density at radius 3 is 1.25 bits per heavy atom. The van der Waals surface area contributed by atoms with Crippen LogP contribution < -0.4 is 5.73 Å². The van der Waals surface area contributed by atoms with Crippen molar-refractivity contribution in [3.05, 3.63) is 0 Å². The first kappa shape index (κ1) is 40.0. The van der Waals surface area contributed by atoms with E-state index in [9.17, 15) is 14.6 Å². The highest BCUT2D eigenvalue weighted by molar-refractivity contribution is 7.47. The van der Waals surface area contributed by atoms with Crippen LogP contribution in [0.2, 0.25) is 0 Å². The fraction of sp³-hybridized carbons (Fsp3) is 1.00. The molecular weight excluding hydrogens is 525 g/mol. The Kier molecular flexibility index (Phi) is 31.9. The van der Waals surface area contributed by atoms with Gasteiger partial charge in [-0.3, -0.25) is 9.05 Å². The molecule has 0 bridgehead atoms. The summed E-state index contributed by atoms with van der Waals surface area (Å²) >= 11 is 0. The van der Waals surface area contributed by atoms with Gasteiger partial charge >= 0.3 is 7.82 Å². The number of aliphatic hydroxyl groups is 1. The normalized spacial score (nSPS) is 14.0. The van der Waals surface area contributed by atoms with E-state index in [0.717, 1.165) is 12.8 Å². The van der Waals surface area contributed by atoms with Gasteiger partial charge in [0.15, 0.2) is 0 Å². The van der Waals surface area contributed by atoms with E-state index in [1.807, 2.05) is 0 Å². The number of hydrogen-bond acceptors (Lipinski definition) is 6. The number of phosphoric acid groups is 1. The van der Waals surface area contributed by atoms with E-state index >= 15 is 0 Å². The van der Waals surface area contributed by atoms with Gasteiger partial charge in [0, 0.05) is 13.2 Å². The summed E-state index contributed by atoms with van der Waals surface area (Å²) in [4.78, 5) is 9.37. The summed E-state index contributed by atoms with van der Waals surface area (Å²) in [5, 5.41) is 9.77. The van der Waals surface area contributed by atoms with Crippen molar-refractivity contribution in [3.8, 4) is 0 Å². The summed E-state index contributed by atoms with van der Waals surface area (Å²) in [6, 6.07) is 0. The van der Waals surface area contributed by atoms with Gasteiger partial charge in [-0.1, -0.05) is 161 Å². The molecular formula is C32H68NO6P. The topological polar surface area (TPSA) is 111 Å². The van der Waals surface area contributed by atoms with Gasteiger partial charge in [-0.15, -0.1) is 0 Å². The molecule has 2 atom stereocenters. The van der Waals surface area contributed by atoms with E-state index in [1.54, 1.807) is 0 Å². The van der Waals surface area contributed by atoms with Crippen LogP contribution in [0.25, 0.3) is 0 Å². The summed E-state index contributed by atoms with van der Waals surface area (Å²) in [5.41, 5.74) is 5.21. The van der Waals surface area contributed by atoms with Crippen LogP contribution in [0.5, 0.6) is 0 Å². The molecule has 0 aromatic rings. The molecule has 2 unspecified atom stereocenters. The number of phosphoric ester groups is 1. The molecule has 0 aliphatic carbocycles. The lowest BCUT2D eigenvalue weighted by atomic mass is 10.0. The van der Waals surface area contributed by atoms with Gasteiger partial charge in [0.1, 0.15) is 6.10 Å². The first-order chi connectivity index (χ1) is 19.5. The van der Waals surface area contributed by atoms with Gasteiger partial charge in [0.25, 0.3) is 0 Å². The summed E-state index contributed by atoms with van der Waals surface area (Å²) in [7, 11) is -4.14. The SMILES string of the molecule is CCCCCCCCCCCCCCCCCCCCCCCCCCCOCC(O)COP(=O)(O)OCCN. The highest BCUT2D eigenvalue weighted by Crippen LogP contribution is 2.42. The predicted octanol–water partition coefficient (Wildman–Crippen LogP) is 9.23. The maximum atomic E-state index is 11.5. The Hall–Kier alpha value is -0.0100. The third-order valence-electron chi connectivity index (χ3n) is 7.50. The Morgan fingerprint density at radius 2 is 0.900 bits per heavy atom. The number of ether oxygens (including phenoxy) is 1. The Bertz CT molecular complexity index is 540. The predicted molar refractivity (Wildman–Crippen MR) is 169 cm³/mol. The van der Waals surface area contributed by atoms with Gasteiger partial charge < -0.3 is 20.5 Å². The first-order valence-electron chi connectivity index (χ1n) is 17.1. The van der Waals surface area contributed by atoms with Crippen LogP contribution in [0.1, 0.15) is 167 Å². The molecule has 0 aromatic carbocycles. The van der Waals surface area contributed by atoms with E-state index in [2.05, 4.69) is 11.4 Å². The van der Waals surface area contributed by atoms with Crippen LogP contribution in [-0.4, -0.2) is 49.1 Å². The first-order valence-corrected chi connectivity index (χ1v) is 18.6. The minimum absolute atomic E-state index is 0.0695. The Labute approximate surface area is 248 Å². The highest BCUT2D eigenvalue weighted by atomic mass is 31.2. The fourth-order valence-electron chi connectivity index (χ4n) is 5.00. The van der Waals surface area contributed by atoms with Crippen LogP contribution >= 0.6 is 7.82 Å². The minimum atomic E-state index is -4.14. The second-order valence-corrected chi connectivity index (χ2v) is 13.1. The van der Waals surface area contributed by atoms with Gasteiger partial charge in [-0.2, -0.15) is 0 Å². The van der Waals surface area contributed by atoms with Crippen molar-refractivity contribution < 1.29 is 28.3 Å². The van der Waals surface area contributed by atoms with Crippen molar-refractivity contribution in [2.24, 2.45) is 5.73 Å². The molecule has 0 aliphatic heterocycles. The standard InChI is InChI=1S/C32H68NO6P/c1-2-3-4-5-6-7-8-9-10-11-12-13-14-15-16-17-18-19-20-21-22-23-24-25-26-28-37-30-32(34)31-39-40(35,36)38-29-27-33/h32,34H,2-31,33H2,1H3,(H,35,36). The lowest BCUT2D eigenvalue weighted by Crippen LogP contribution is -2.22. The molecule has 0 fully saturated rings. The van der Waals surface area contributed by atoms with Gasteiger partial charge in [0.05, 0.1) is 19.8 Å². The van der Waals surface area contributed by atoms with Crippen LogP contribution in [0.3, 0.4) is 0 Å². The molecule has 0 rings (SSSR count). The van der Waals surface area contributed by atoms with Gasteiger partial charge in [-0.05, 0) is 6.42 Å². The number of hydrogen-bond donors (Lipinski definition) is 3. The molecule has 0 aromatic heterocycles. The molecule has 0 spiro atoms. The molecule has 0 saturated heterocycles. The molecule has 0 heterocycles. The summed E-state index contributed by atoms with van der Waals surface area (Å²) in [5.74, 6) is 0. The van der Waals surface area contributed by atoms with Crippen molar-refractivity contribution in [1.82, 2.24) is 0 Å². The number of unbranched alkanes of at least 4 members (excludes halogenated alkanes) is 24. The summed E-state index contributed by atoms with van der Waals surface area (Å²) in [6.45, 7) is 2.70. The summed E-state index contributed by atoms with van der Waals surface area (Å²) in [6.07, 6.45) is 33.5. The number of nitrogens with two attached hydrogens (primary N) is 1. The highest BCUT2D eigenvalue weighted by Gasteiger charge is 2.22. The number of aliphatic hydroxyl groups excluding tert-OH is 1. The molecule has 8 heteroatoms. The largest absolute Gasteiger partial charge is 0.472 e. The molecule has 40 heavy (non-hydrogen) atoms. The lowest BCUT2D eigenvalue weighted by molar-refractivity contribution is 0.00230. The van der Waals surface area contributed by atoms with Gasteiger partial charge in [0.2, 0.25) is 0 Å². The maximum absolute atomic E-state index is 11.5. The van der Waals surface area contributed by atoms with Crippen molar-refractivity contribution in [2.75, 3.05) is 33.0 Å². The molecule has 0 radical (unpaired) electrons. The number of rotatable bonds is 34. The third-order valence-corrected chi connectivity index (χ3v) is 8.49. The third kappa shape index (κ3) is 32.5. The second kappa shape index (κ2) is 31.9. The van der Waals surface area contributed by atoms with Crippen LogP contribution in [-0.2, 0) is 18.3 Å². The van der Waals surface area contributed by atoms with E-state index in [0.29, 0.717) is 6.61 Å². The molecule has 0 aliphatic rings. The van der Waals surface area contributed by atoms with Crippen molar-refractivity contribution in [3.63, 3.8) is 0 Å². The summed E-state index contributed by atoms with van der Waals surface area (Å²) < 4.78 is 26.2. The lowest BCUT2D eigenvalue weighted by Gasteiger charge is -2.15. The van der Waals surface area contributed by atoms with E-state index in [-0.39, 0.29) is 26.4 Å². The monoisotopic (exact) mass is 593 g/mol. The van der Waals surface area contributed by atoms with Gasteiger partial charge in [-0.25, -0.2) is 4.57 Å². The van der Waals surface area contributed by atoms with E-state index < -0.39 is 13.9 Å². The van der Waals surface area contributed by atoms with E-state index in [1.165, 1.54) is 148 Å². The second-order valence-electron chi connectivity index (χ2n) is 11.6. The minimum Gasteiger partial charge on any atom is -0.388 e. The smallest absolute Gasteiger partial charge is 0.388 e. The zero-order chi connectivity index (χ0) is 29.4. The zero-order valence-corrected chi connectivity index (χ0v) is 27.2. The molecule has 4 N–H and O–H groups in total. The van der Waals surface area contributed by atoms with Crippen LogP contribution in [0.15, 0.2) is 0 Å². The Balaban J connectivity index is 3.18. The van der Waals surface area contributed by atoms with E-state index in [4.69, 9.17) is 15.0 Å². The fourth-order valence-corrected chi connectivity index (χ4v) is 5.77. The molecule has 242 valence electrons. The molecule has 0 amide bonds. The Morgan fingerprint density at radius 1 is 0.550 bits per heavy atom. The van der Waals surface area contributed by atoms with Crippen LogP contribution in [0.4, 0.5) is 0 Å². The van der Waals surface area contributed by atoms with Crippen molar-refractivity contribution >= 4 is 7.82 Å². The molecule has 0 saturated carbocycles. The van der Waals surface area contributed by atoms with Crippen LogP contribution in [0, 0.1) is 0 Å². The quantitative estimate of drug-likeness (QED) is 0.0503. The maximum Gasteiger partial charge on any atom is 0.472 e.